The van der Waals surface area contributed by atoms with E-state index in [9.17, 15) is 14.7 Å². The molecule has 0 bridgehead atoms. The van der Waals surface area contributed by atoms with E-state index >= 15 is 0 Å². The maximum absolute atomic E-state index is 12.1. The minimum absolute atomic E-state index is 0.0823. The molecule has 33 heavy (non-hydrogen) atoms. The molecule has 1 atom stereocenters. The molecule has 10 heteroatoms. The number of alkyl carbamates (subject to hydrolysis) is 1. The van der Waals surface area contributed by atoms with Gasteiger partial charge in [-0.3, -0.25) is 9.88 Å². The number of nitrogens with one attached hydrogen (secondary N) is 1. The number of fused-ring (bicyclic) bond motifs is 1. The van der Waals surface area contributed by atoms with Crippen LogP contribution >= 0.6 is 11.6 Å². The summed E-state index contributed by atoms with van der Waals surface area (Å²) in [6.07, 6.45) is 1.86. The molecule has 2 N–H and O–H groups in total. The fourth-order valence-corrected chi connectivity index (χ4v) is 3.52. The number of aryl methyl sites for hydroxylation is 1. The molecule has 9 nitrogen and oxygen atoms in total. The summed E-state index contributed by atoms with van der Waals surface area (Å²) < 4.78 is 11.4. The van der Waals surface area contributed by atoms with Crippen LogP contribution in [0, 0.1) is 6.92 Å². The summed E-state index contributed by atoms with van der Waals surface area (Å²) >= 11 is 6.24. The summed E-state index contributed by atoms with van der Waals surface area (Å²) in [7, 11) is 0. The molecule has 2 amide bonds. The molecule has 3 rings (SSSR count). The number of carboxylic acid groups (broad SMARTS) is 1. The Balaban J connectivity index is 1.92. The van der Waals surface area contributed by atoms with Crippen LogP contribution in [0.15, 0.2) is 35.0 Å². The number of nitrogens with zero attached hydrogens (tertiary/aromatic N) is 3. The maximum Gasteiger partial charge on any atom is 0.412 e. The van der Waals surface area contributed by atoms with Gasteiger partial charge in [0, 0.05) is 36.5 Å². The van der Waals surface area contributed by atoms with Crippen molar-refractivity contribution in [1.82, 2.24) is 15.3 Å². The van der Waals surface area contributed by atoms with Gasteiger partial charge in [0.15, 0.2) is 5.58 Å². The quantitative estimate of drug-likeness (QED) is 0.464. The van der Waals surface area contributed by atoms with Crippen LogP contribution in [0.2, 0.25) is 5.15 Å². The molecular formula is C23H27ClN4O5. The lowest BCUT2D eigenvalue weighted by Crippen LogP contribution is -2.38. The zero-order valence-corrected chi connectivity index (χ0v) is 19.9. The molecule has 0 saturated heterocycles. The van der Waals surface area contributed by atoms with E-state index in [1.54, 1.807) is 45.3 Å². The highest BCUT2D eigenvalue weighted by molar-refractivity contribution is 6.30. The Labute approximate surface area is 196 Å². The zero-order valence-electron chi connectivity index (χ0n) is 19.2. The van der Waals surface area contributed by atoms with Gasteiger partial charge in [0.25, 0.3) is 0 Å². The van der Waals surface area contributed by atoms with Crippen LogP contribution in [0.25, 0.3) is 11.1 Å². The Morgan fingerprint density at radius 2 is 1.97 bits per heavy atom. The standard InChI is InChI=1S/C23H27ClN4O5/c1-13(26-21(29)33-23(3,4)5)10-17-14(2)19-20(32-17)16(11-18(24)27-19)28(22(30)31)12-15-6-8-25-9-7-15/h6-9,11,13H,10,12H2,1-5H3,(H,26,29)(H,30,31). The summed E-state index contributed by atoms with van der Waals surface area (Å²) in [5.74, 6) is 0.568. The van der Waals surface area contributed by atoms with Crippen molar-refractivity contribution in [3.63, 3.8) is 0 Å². The third-order valence-electron chi connectivity index (χ3n) is 4.79. The first-order chi connectivity index (χ1) is 15.4. The molecule has 0 spiro atoms. The predicted octanol–water partition coefficient (Wildman–Crippen LogP) is 5.32. The van der Waals surface area contributed by atoms with E-state index in [-0.39, 0.29) is 23.4 Å². The van der Waals surface area contributed by atoms with E-state index in [0.717, 1.165) is 16.0 Å². The molecule has 3 heterocycles. The van der Waals surface area contributed by atoms with Gasteiger partial charge in [0.1, 0.15) is 22.0 Å². The van der Waals surface area contributed by atoms with Crippen LogP contribution < -0.4 is 10.2 Å². The number of pyridine rings is 2. The highest BCUT2D eigenvalue weighted by Gasteiger charge is 2.25. The molecule has 176 valence electrons. The number of aromatic nitrogens is 2. The Kier molecular flexibility index (Phi) is 7.12. The number of furan rings is 1. The summed E-state index contributed by atoms with van der Waals surface area (Å²) in [6, 6.07) is 4.64. The van der Waals surface area contributed by atoms with Crippen molar-refractivity contribution in [3.8, 4) is 0 Å². The van der Waals surface area contributed by atoms with Crippen molar-refractivity contribution >= 4 is 40.6 Å². The summed E-state index contributed by atoms with van der Waals surface area (Å²) in [6.45, 7) is 9.10. The first kappa shape index (κ1) is 24.3. The van der Waals surface area contributed by atoms with Crippen molar-refractivity contribution in [1.29, 1.82) is 0 Å². The molecule has 0 fully saturated rings. The Bertz CT molecular complexity index is 1160. The summed E-state index contributed by atoms with van der Waals surface area (Å²) in [4.78, 5) is 33.7. The van der Waals surface area contributed by atoms with Crippen LogP contribution in [-0.4, -0.2) is 38.9 Å². The topological polar surface area (TPSA) is 118 Å². The van der Waals surface area contributed by atoms with Crippen molar-refractivity contribution in [3.05, 3.63) is 52.6 Å². The van der Waals surface area contributed by atoms with Gasteiger partial charge in [-0.15, -0.1) is 0 Å². The van der Waals surface area contributed by atoms with E-state index in [0.29, 0.717) is 23.3 Å². The first-order valence-electron chi connectivity index (χ1n) is 10.4. The van der Waals surface area contributed by atoms with Crippen molar-refractivity contribution in [2.24, 2.45) is 0 Å². The second kappa shape index (κ2) is 9.66. The van der Waals surface area contributed by atoms with Crippen LogP contribution in [0.5, 0.6) is 0 Å². The number of carbonyl (C=O) groups excluding carboxylic acids is 1. The number of hydrogen-bond donors (Lipinski definition) is 2. The summed E-state index contributed by atoms with van der Waals surface area (Å²) in [5, 5.41) is 12.8. The van der Waals surface area contributed by atoms with Crippen molar-refractivity contribution < 1.29 is 23.8 Å². The molecule has 0 aromatic carbocycles. The molecule has 0 aliphatic heterocycles. The SMILES string of the molecule is Cc1c(CC(C)NC(=O)OC(C)(C)C)oc2c(N(Cc3ccncc3)C(=O)O)cc(Cl)nc12. The second-order valence-electron chi connectivity index (χ2n) is 8.77. The Hall–Kier alpha value is -3.33. The number of amides is 2. The number of anilines is 1. The number of carbonyl (C=O) groups is 2. The van der Waals surface area contributed by atoms with Crippen LogP contribution in [-0.2, 0) is 17.7 Å². The number of hydrogen-bond acceptors (Lipinski definition) is 6. The molecule has 1 unspecified atom stereocenters. The van der Waals surface area contributed by atoms with E-state index in [1.807, 2.05) is 13.8 Å². The zero-order chi connectivity index (χ0) is 24.3. The fourth-order valence-electron chi connectivity index (χ4n) is 3.34. The van der Waals surface area contributed by atoms with E-state index in [2.05, 4.69) is 15.3 Å². The minimum atomic E-state index is -1.16. The normalized spacial score (nSPS) is 12.4. The van der Waals surface area contributed by atoms with Crippen LogP contribution in [0.1, 0.15) is 44.6 Å². The lowest BCUT2D eigenvalue weighted by atomic mass is 10.1. The fraction of sp³-hybridized carbons (Fsp3) is 0.391. The van der Waals surface area contributed by atoms with E-state index in [1.165, 1.54) is 6.07 Å². The molecule has 3 aromatic rings. The van der Waals surface area contributed by atoms with Crippen molar-refractivity contribution in [2.45, 2.75) is 59.2 Å². The van der Waals surface area contributed by atoms with Gasteiger partial charge in [-0.25, -0.2) is 14.6 Å². The number of rotatable bonds is 6. The van der Waals surface area contributed by atoms with Gasteiger partial charge >= 0.3 is 12.2 Å². The van der Waals surface area contributed by atoms with Gasteiger partial charge in [0.05, 0.1) is 12.2 Å². The molecule has 3 aromatic heterocycles. The van der Waals surface area contributed by atoms with Crippen LogP contribution in [0.3, 0.4) is 0 Å². The highest BCUT2D eigenvalue weighted by Crippen LogP contribution is 2.35. The van der Waals surface area contributed by atoms with Gasteiger partial charge < -0.3 is 19.6 Å². The number of ether oxygens (including phenoxy) is 1. The van der Waals surface area contributed by atoms with Gasteiger partial charge in [-0.2, -0.15) is 0 Å². The smallest absolute Gasteiger partial charge is 0.412 e. The average Bonchev–Trinajstić information content (AvgIpc) is 3.00. The summed E-state index contributed by atoms with van der Waals surface area (Å²) in [5.41, 5.74) is 1.94. The third kappa shape index (κ3) is 6.13. The average molecular weight is 475 g/mol. The lowest BCUT2D eigenvalue weighted by Gasteiger charge is -2.21. The molecule has 0 saturated carbocycles. The molecular weight excluding hydrogens is 448 g/mol. The highest BCUT2D eigenvalue weighted by atomic mass is 35.5. The first-order valence-corrected chi connectivity index (χ1v) is 10.8. The van der Waals surface area contributed by atoms with Gasteiger partial charge in [-0.05, 0) is 52.3 Å². The number of halogens is 1. The minimum Gasteiger partial charge on any atom is -0.465 e. The van der Waals surface area contributed by atoms with Gasteiger partial charge in [-0.1, -0.05) is 11.6 Å². The Morgan fingerprint density at radius 1 is 1.30 bits per heavy atom. The van der Waals surface area contributed by atoms with Crippen molar-refractivity contribution in [2.75, 3.05) is 4.90 Å². The third-order valence-corrected chi connectivity index (χ3v) is 4.98. The second-order valence-corrected chi connectivity index (χ2v) is 9.15. The molecule has 0 aliphatic carbocycles. The maximum atomic E-state index is 12.1. The monoisotopic (exact) mass is 474 g/mol. The van der Waals surface area contributed by atoms with Crippen LogP contribution in [0.4, 0.5) is 15.3 Å². The molecule has 0 radical (unpaired) electrons. The van der Waals surface area contributed by atoms with E-state index < -0.39 is 17.8 Å². The van der Waals surface area contributed by atoms with E-state index in [4.69, 9.17) is 20.8 Å². The predicted molar refractivity (Wildman–Crippen MR) is 125 cm³/mol. The lowest BCUT2D eigenvalue weighted by molar-refractivity contribution is 0.0507. The van der Waals surface area contributed by atoms with Gasteiger partial charge in [0.2, 0.25) is 0 Å². The largest absolute Gasteiger partial charge is 0.465 e. The molecule has 0 aliphatic rings. The Morgan fingerprint density at radius 3 is 2.58 bits per heavy atom.